The molecule has 0 aromatic carbocycles. The lowest BCUT2D eigenvalue weighted by Crippen LogP contribution is -2.18. The predicted molar refractivity (Wildman–Crippen MR) is 95.6 cm³/mol. The molecule has 0 saturated carbocycles. The van der Waals surface area contributed by atoms with Gasteiger partial charge in [0.05, 0.1) is 17.6 Å². The maximum Gasteiger partial charge on any atom is 0.287 e. The average Bonchev–Trinajstić information content (AvgIpc) is 3.23. The number of aliphatic imine (C=N–C) groups is 1. The zero-order valence-corrected chi connectivity index (χ0v) is 13.3. The van der Waals surface area contributed by atoms with Gasteiger partial charge in [0.2, 0.25) is 0 Å². The minimum Gasteiger partial charge on any atom is -0.455 e. The van der Waals surface area contributed by atoms with Crippen LogP contribution in [0, 0.1) is 0 Å². The lowest BCUT2D eigenvalue weighted by Gasteiger charge is -2.15. The number of rotatable bonds is 2. The molecule has 1 aliphatic carbocycles. The van der Waals surface area contributed by atoms with Crippen LogP contribution in [0.15, 0.2) is 71.9 Å². The van der Waals surface area contributed by atoms with E-state index in [0.29, 0.717) is 0 Å². The molecule has 5 rings (SSSR count). The van der Waals surface area contributed by atoms with Gasteiger partial charge < -0.3 is 10.5 Å². The Hall–Kier alpha value is -3.41. The van der Waals surface area contributed by atoms with Crippen molar-refractivity contribution in [1.82, 2.24) is 14.4 Å². The second-order valence-corrected chi connectivity index (χ2v) is 6.05. The summed E-state index contributed by atoms with van der Waals surface area (Å²) < 4.78 is 7.57. The van der Waals surface area contributed by atoms with E-state index in [4.69, 9.17) is 10.5 Å². The molecule has 3 aromatic heterocycles. The molecule has 0 bridgehead atoms. The monoisotopic (exact) mass is 329 g/mol. The van der Waals surface area contributed by atoms with Crippen molar-refractivity contribution in [1.29, 1.82) is 0 Å². The molecule has 2 N–H and O–H groups in total. The summed E-state index contributed by atoms with van der Waals surface area (Å²) in [5.74, 6) is 0. The highest BCUT2D eigenvalue weighted by atomic mass is 16.5. The Labute approximate surface area is 144 Å². The van der Waals surface area contributed by atoms with Crippen molar-refractivity contribution in [2.75, 3.05) is 0 Å². The third kappa shape index (κ3) is 2.30. The summed E-state index contributed by atoms with van der Waals surface area (Å²) in [6.07, 6.45) is 12.5. The van der Waals surface area contributed by atoms with E-state index < -0.39 is 0 Å². The van der Waals surface area contributed by atoms with E-state index in [2.05, 4.69) is 37.7 Å². The van der Waals surface area contributed by atoms with Crippen molar-refractivity contribution in [3.63, 3.8) is 0 Å². The zero-order chi connectivity index (χ0) is 16.8. The van der Waals surface area contributed by atoms with Crippen LogP contribution < -0.4 is 5.73 Å². The number of nitrogens with zero attached hydrogens (tertiary/aromatic N) is 4. The molecule has 0 saturated heterocycles. The number of nitrogens with two attached hydrogens (primary N) is 1. The summed E-state index contributed by atoms with van der Waals surface area (Å²) in [7, 11) is 0. The molecule has 0 amide bonds. The minimum absolute atomic E-state index is 0.0481. The average molecular weight is 329 g/mol. The second kappa shape index (κ2) is 5.31. The molecule has 3 aromatic rings. The first-order valence-electron chi connectivity index (χ1n) is 8.08. The van der Waals surface area contributed by atoms with E-state index in [0.717, 1.165) is 40.2 Å². The number of aromatic nitrogens is 3. The summed E-state index contributed by atoms with van der Waals surface area (Å²) in [6.45, 7) is 0. The first kappa shape index (κ1) is 14.0. The summed E-state index contributed by atoms with van der Waals surface area (Å²) in [5, 5.41) is 0. The fraction of sp³-hybridized carbons (Fsp3) is 0.105. The molecule has 2 aliphatic rings. The van der Waals surface area contributed by atoms with E-state index in [1.54, 1.807) is 12.4 Å². The molecule has 1 unspecified atom stereocenters. The molecule has 0 fully saturated rings. The third-order valence-corrected chi connectivity index (χ3v) is 4.50. The first-order chi connectivity index (χ1) is 12.3. The Balaban J connectivity index is 1.59. The predicted octanol–water partition coefficient (Wildman–Crippen LogP) is 2.78. The van der Waals surface area contributed by atoms with Crippen LogP contribution in [0.3, 0.4) is 0 Å². The van der Waals surface area contributed by atoms with Gasteiger partial charge >= 0.3 is 0 Å². The standard InChI is InChI=1S/C19H15N5O/c20-19-23-15-9-13(1-3-17(15)25-19)14-2-4-18-22-10-16(24(18)11-14)12-5-7-21-8-6-12/h1-2,4-11,17H,3H2,(H2,20,23). The molecule has 0 spiro atoms. The third-order valence-electron chi connectivity index (χ3n) is 4.50. The van der Waals surface area contributed by atoms with Crippen LogP contribution in [0.5, 0.6) is 0 Å². The molecule has 25 heavy (non-hydrogen) atoms. The number of imidazole rings is 1. The lowest BCUT2D eigenvalue weighted by atomic mass is 9.97. The Kier molecular flexibility index (Phi) is 2.97. The van der Waals surface area contributed by atoms with Crippen molar-refractivity contribution in [3.8, 4) is 11.3 Å². The molecule has 6 nitrogen and oxygen atoms in total. The number of pyridine rings is 2. The summed E-state index contributed by atoms with van der Waals surface area (Å²) in [4.78, 5) is 12.8. The SMILES string of the molecule is NC1=NC2=CC(c3ccc4ncc(-c5ccncc5)n4c3)=CCC2O1. The van der Waals surface area contributed by atoms with Gasteiger partial charge in [-0.1, -0.05) is 6.08 Å². The molecule has 1 atom stereocenters. The van der Waals surface area contributed by atoms with Gasteiger partial charge in [0.15, 0.2) is 0 Å². The maximum atomic E-state index is 5.67. The summed E-state index contributed by atoms with van der Waals surface area (Å²) >= 11 is 0. The van der Waals surface area contributed by atoms with Gasteiger partial charge in [-0.05, 0) is 41.5 Å². The highest BCUT2D eigenvalue weighted by Gasteiger charge is 2.26. The first-order valence-corrected chi connectivity index (χ1v) is 8.08. The van der Waals surface area contributed by atoms with Gasteiger partial charge in [0.1, 0.15) is 11.8 Å². The van der Waals surface area contributed by atoms with E-state index >= 15 is 0 Å². The Bertz CT molecular complexity index is 1060. The number of hydrogen-bond donors (Lipinski definition) is 1. The van der Waals surface area contributed by atoms with Crippen molar-refractivity contribution >= 4 is 17.2 Å². The van der Waals surface area contributed by atoms with Crippen LogP contribution in [0.4, 0.5) is 0 Å². The summed E-state index contributed by atoms with van der Waals surface area (Å²) in [6, 6.07) is 8.31. The van der Waals surface area contributed by atoms with E-state index in [-0.39, 0.29) is 12.1 Å². The number of fused-ring (bicyclic) bond motifs is 2. The van der Waals surface area contributed by atoms with Crippen molar-refractivity contribution < 1.29 is 4.74 Å². The molecule has 6 heteroatoms. The number of ether oxygens (including phenoxy) is 1. The van der Waals surface area contributed by atoms with Crippen LogP contribution >= 0.6 is 0 Å². The largest absolute Gasteiger partial charge is 0.455 e. The fourth-order valence-electron chi connectivity index (χ4n) is 3.27. The Morgan fingerprint density at radius 1 is 1.12 bits per heavy atom. The molecule has 0 radical (unpaired) electrons. The van der Waals surface area contributed by atoms with E-state index in [1.807, 2.05) is 30.5 Å². The van der Waals surface area contributed by atoms with Gasteiger partial charge in [-0.15, -0.1) is 0 Å². The van der Waals surface area contributed by atoms with Gasteiger partial charge in [-0.3, -0.25) is 9.38 Å². The van der Waals surface area contributed by atoms with Crippen LogP contribution in [0.2, 0.25) is 0 Å². The summed E-state index contributed by atoms with van der Waals surface area (Å²) in [5.41, 5.74) is 11.8. The minimum atomic E-state index is -0.0481. The number of allylic oxidation sites excluding steroid dienone is 2. The number of amidine groups is 1. The van der Waals surface area contributed by atoms with Crippen molar-refractivity contribution in [2.24, 2.45) is 10.7 Å². The quantitative estimate of drug-likeness (QED) is 0.784. The van der Waals surface area contributed by atoms with Crippen LogP contribution in [-0.2, 0) is 4.74 Å². The molecule has 122 valence electrons. The Morgan fingerprint density at radius 3 is 2.88 bits per heavy atom. The topological polar surface area (TPSA) is 77.8 Å². The smallest absolute Gasteiger partial charge is 0.287 e. The molecule has 4 heterocycles. The van der Waals surface area contributed by atoms with Crippen LogP contribution in [0.1, 0.15) is 12.0 Å². The molecular weight excluding hydrogens is 314 g/mol. The zero-order valence-electron chi connectivity index (χ0n) is 13.3. The normalized spacial score (nSPS) is 19.0. The van der Waals surface area contributed by atoms with Gasteiger partial charge in [0, 0.05) is 30.6 Å². The van der Waals surface area contributed by atoms with E-state index in [1.165, 1.54) is 0 Å². The van der Waals surface area contributed by atoms with Crippen molar-refractivity contribution in [2.45, 2.75) is 12.5 Å². The van der Waals surface area contributed by atoms with Gasteiger partial charge in [0.25, 0.3) is 6.02 Å². The highest BCUT2D eigenvalue weighted by molar-refractivity contribution is 5.81. The maximum absolute atomic E-state index is 5.67. The van der Waals surface area contributed by atoms with E-state index in [9.17, 15) is 0 Å². The second-order valence-electron chi connectivity index (χ2n) is 6.05. The molecular formula is C19H15N5O. The van der Waals surface area contributed by atoms with Crippen LogP contribution in [0.25, 0.3) is 22.5 Å². The highest BCUT2D eigenvalue weighted by Crippen LogP contribution is 2.31. The van der Waals surface area contributed by atoms with Gasteiger partial charge in [-0.2, -0.15) is 4.99 Å². The fourth-order valence-corrected chi connectivity index (χ4v) is 3.27. The Morgan fingerprint density at radius 2 is 2.00 bits per heavy atom. The number of hydrogen-bond acceptors (Lipinski definition) is 5. The van der Waals surface area contributed by atoms with Crippen LogP contribution in [-0.4, -0.2) is 26.5 Å². The molecule has 1 aliphatic heterocycles. The van der Waals surface area contributed by atoms with Crippen molar-refractivity contribution in [3.05, 3.63) is 72.5 Å². The van der Waals surface area contributed by atoms with Gasteiger partial charge in [-0.25, -0.2) is 4.98 Å². The lowest BCUT2D eigenvalue weighted by molar-refractivity contribution is 0.243.